The lowest BCUT2D eigenvalue weighted by Gasteiger charge is -2.34. The highest BCUT2D eigenvalue weighted by molar-refractivity contribution is 6.48. The monoisotopic (exact) mass is 1550 g/mol. The number of nitrogens with zero attached hydrogens (tertiary/aromatic N) is 2. The largest absolute Gasteiger partial charge is 0.457 e. The van der Waals surface area contributed by atoms with Gasteiger partial charge in [-0.3, -0.25) is 19.2 Å². The summed E-state index contributed by atoms with van der Waals surface area (Å²) in [7, 11) is 0. The van der Waals surface area contributed by atoms with Gasteiger partial charge < -0.3 is 18.9 Å². The number of ether oxygens (including phenoxy) is 4. The molecule has 0 N–H and O–H groups in total. The zero-order chi connectivity index (χ0) is 82.1. The highest BCUT2D eigenvalue weighted by Gasteiger charge is 2.44. The summed E-state index contributed by atoms with van der Waals surface area (Å²) in [6, 6.07) is 92.7. The zero-order valence-corrected chi connectivity index (χ0v) is 69.4. The predicted octanol–water partition coefficient (Wildman–Crippen LogP) is 26.8. The molecule has 0 radical (unpaired) electrons. The van der Waals surface area contributed by atoms with Crippen molar-refractivity contribution in [1.29, 1.82) is 0 Å². The molecular weight excluding hydrogens is 1450 g/mol. The van der Waals surface area contributed by atoms with E-state index in [9.17, 15) is 0 Å². The second kappa shape index (κ2) is 30.9. The molecule has 0 atom stereocenters. The van der Waals surface area contributed by atoms with Crippen molar-refractivity contribution in [1.82, 2.24) is 0 Å². The van der Waals surface area contributed by atoms with E-state index in [1.165, 1.54) is 9.80 Å². The van der Waals surface area contributed by atoms with Crippen molar-refractivity contribution >= 4 is 78.1 Å². The summed E-state index contributed by atoms with van der Waals surface area (Å²) in [6.07, 6.45) is 4.62. The molecule has 0 bridgehead atoms. The summed E-state index contributed by atoms with van der Waals surface area (Å²) in [5.41, 5.74) is 13.1. The highest BCUT2D eigenvalue weighted by atomic mass is 16.5. The molecule has 0 spiro atoms. The minimum atomic E-state index is -0.548. The Hall–Kier alpha value is -12.9. The molecule has 10 heteroatoms. The lowest BCUT2D eigenvalue weighted by Crippen LogP contribution is -2.42. The maximum absolute atomic E-state index is 17.2. The summed E-state index contributed by atoms with van der Waals surface area (Å²) in [6.45, 7) is 26.0. The van der Waals surface area contributed by atoms with Crippen molar-refractivity contribution < 1.29 is 38.1 Å². The molecule has 2 aliphatic heterocycles. The highest BCUT2D eigenvalue weighted by Crippen LogP contribution is 2.59. The molecule has 588 valence electrons. The molecule has 2 heterocycles. The molecule has 15 aromatic carbocycles. The van der Waals surface area contributed by atoms with Gasteiger partial charge in [-0.1, -0.05) is 289 Å². The number of carbonyl (C=O) groups is 4. The van der Waals surface area contributed by atoms with Crippen molar-refractivity contribution in [3.05, 3.63) is 368 Å². The third-order valence-corrected chi connectivity index (χ3v) is 23.6. The van der Waals surface area contributed by atoms with Crippen molar-refractivity contribution in [3.8, 4) is 46.0 Å². The molecule has 4 amide bonds. The Morgan fingerprint density at radius 2 is 0.424 bits per heavy atom. The number of rotatable bonds is 22. The van der Waals surface area contributed by atoms with E-state index in [2.05, 4.69) is 180 Å². The third-order valence-electron chi connectivity index (χ3n) is 23.6. The fourth-order valence-corrected chi connectivity index (χ4v) is 17.2. The van der Waals surface area contributed by atoms with Crippen LogP contribution < -0.4 is 28.7 Å². The van der Waals surface area contributed by atoms with Gasteiger partial charge in [0.05, 0.1) is 33.6 Å². The second-order valence-corrected chi connectivity index (χ2v) is 35.9. The maximum atomic E-state index is 17.2. The van der Waals surface area contributed by atoms with Gasteiger partial charge in [0.1, 0.15) is 46.0 Å². The van der Waals surface area contributed by atoms with E-state index in [1.54, 1.807) is 24.3 Å². The molecule has 0 aliphatic carbocycles. The quantitative estimate of drug-likeness (QED) is 0.0375. The summed E-state index contributed by atoms with van der Waals surface area (Å²) < 4.78 is 30.4. The Morgan fingerprint density at radius 3 is 0.619 bits per heavy atom. The van der Waals surface area contributed by atoms with E-state index < -0.39 is 23.6 Å². The van der Waals surface area contributed by atoms with Gasteiger partial charge >= 0.3 is 0 Å². The van der Waals surface area contributed by atoms with Crippen LogP contribution in [0, 0.1) is 0 Å². The minimum Gasteiger partial charge on any atom is -0.457 e. The first-order valence-electron chi connectivity index (χ1n) is 41.3. The van der Waals surface area contributed by atoms with Gasteiger partial charge in [-0.25, -0.2) is 9.80 Å². The lowest BCUT2D eigenvalue weighted by atomic mass is 9.80. The van der Waals surface area contributed by atoms with Crippen LogP contribution in [0.4, 0.5) is 11.4 Å². The first-order chi connectivity index (χ1) is 56.7. The van der Waals surface area contributed by atoms with E-state index in [-0.39, 0.29) is 66.9 Å². The van der Waals surface area contributed by atoms with Gasteiger partial charge in [0.2, 0.25) is 0 Å². The van der Waals surface area contributed by atoms with Gasteiger partial charge in [-0.05, 0) is 213 Å². The summed E-state index contributed by atoms with van der Waals surface area (Å²) in [5, 5.41) is 3.28. The molecule has 0 fully saturated rings. The van der Waals surface area contributed by atoms with Crippen molar-refractivity contribution in [2.75, 3.05) is 9.80 Å². The minimum absolute atomic E-state index is 0.202. The van der Waals surface area contributed by atoms with E-state index in [0.29, 0.717) is 129 Å². The summed E-state index contributed by atoms with van der Waals surface area (Å²) in [5.74, 6) is 0.586. The Bertz CT molecular complexity index is 5610. The van der Waals surface area contributed by atoms with Crippen LogP contribution in [0.3, 0.4) is 0 Å². The number of amides is 4. The molecule has 2 aliphatic rings. The van der Waals surface area contributed by atoms with Gasteiger partial charge in [-0.2, -0.15) is 0 Å². The second-order valence-electron chi connectivity index (χ2n) is 35.9. The molecular formula is C108H98N2O8. The van der Waals surface area contributed by atoms with Crippen LogP contribution in [0.5, 0.6) is 46.0 Å². The Balaban J connectivity index is 1.01. The van der Waals surface area contributed by atoms with E-state index in [0.717, 1.165) is 66.8 Å². The molecule has 118 heavy (non-hydrogen) atoms. The van der Waals surface area contributed by atoms with Gasteiger partial charge in [0.15, 0.2) is 0 Å². The number of para-hydroxylation sites is 2. The van der Waals surface area contributed by atoms with Crippen LogP contribution in [-0.2, 0) is 73.0 Å². The zero-order valence-electron chi connectivity index (χ0n) is 69.4. The SMILES string of the molecule is CC(C)(C)c1ccc(Oc2cc3c4c(cc(Oc5ccc(C(C)(C)C)cc5)c5c6c(Oc7ccc(C(C)(C)C)cc7)cc7c8c(cc(Oc9ccc(C(C)(C)C)cc9)c(c2c45)c86)C(=O)N(c2c(CCc4ccccc4)cccc2CCc2ccccc2)C7=O)C(=O)N(c2c(CCc4ccccc4)cccc2CCc2ccccc2)C3=O)cc1. The molecule has 0 unspecified atom stereocenters. The van der Waals surface area contributed by atoms with Crippen molar-refractivity contribution in [2.45, 2.75) is 156 Å². The van der Waals surface area contributed by atoms with E-state index >= 15 is 19.2 Å². The number of carbonyl (C=O) groups excluding carboxylic acids is 4. The maximum Gasteiger partial charge on any atom is 0.266 e. The van der Waals surface area contributed by atoms with E-state index in [1.807, 2.05) is 158 Å². The molecule has 0 saturated carbocycles. The molecule has 17 rings (SSSR count). The van der Waals surface area contributed by atoms with Gasteiger partial charge in [0.25, 0.3) is 23.6 Å². The molecule has 10 nitrogen and oxygen atoms in total. The Labute approximate surface area is 692 Å². The number of hydrogen-bond acceptors (Lipinski definition) is 8. The van der Waals surface area contributed by atoms with Crippen LogP contribution in [0.2, 0.25) is 0 Å². The number of benzene rings is 15. The average Bonchev–Trinajstić information content (AvgIpc) is 0.669. The standard InChI is InChI=1S/C108H98N2O8/c1-105(2,3)75-47-55-79(56-48-75)115-87-63-83-91-84(102(112)109(101(83)111)99-71(43-39-67-27-17-13-18-28-67)35-25-36-72(99)44-40-68-29-19-14-20-30-68)65-89(117-81-59-51-77(52-60-81)107(7,8)9)95-96-90(118-82-61-53-78(54-62-82)108(10,11)12)66-86-92-85(64-88(94(98(92)96)93(87)97(91)95)116-80-57-49-76(50-58-80)106(4,5)6)103(113)110(104(86)114)100-73(45-41-69-31-21-15-22-32-69)37-26-38-74(100)46-42-70-33-23-16-24-34-70/h13-38,47-66H,39-46H2,1-12H3. The molecule has 15 aromatic rings. The predicted molar refractivity (Wildman–Crippen MR) is 479 cm³/mol. The van der Waals surface area contributed by atoms with Crippen LogP contribution in [0.1, 0.15) is 191 Å². The number of fused-ring (bicyclic) bond motifs is 2. The average molecular weight is 1550 g/mol. The molecule has 0 saturated heterocycles. The number of hydrogen-bond donors (Lipinski definition) is 0. The summed E-state index contributed by atoms with van der Waals surface area (Å²) >= 11 is 0. The van der Waals surface area contributed by atoms with Gasteiger partial charge in [-0.15, -0.1) is 0 Å². The fourth-order valence-electron chi connectivity index (χ4n) is 17.2. The topological polar surface area (TPSA) is 112 Å². The first-order valence-corrected chi connectivity index (χ1v) is 41.3. The number of anilines is 2. The van der Waals surface area contributed by atoms with Gasteiger partial charge in [0, 0.05) is 43.1 Å². The van der Waals surface area contributed by atoms with Crippen LogP contribution in [0.15, 0.2) is 279 Å². The Kier molecular flexibility index (Phi) is 20.4. The van der Waals surface area contributed by atoms with Crippen LogP contribution in [0.25, 0.3) is 43.1 Å². The fraction of sp³-hybridized carbons (Fsp3) is 0.222. The lowest BCUT2D eigenvalue weighted by molar-refractivity contribution is 0.0877. The first kappa shape index (κ1) is 77.6. The third kappa shape index (κ3) is 15.1. The van der Waals surface area contributed by atoms with Crippen molar-refractivity contribution in [3.63, 3.8) is 0 Å². The van der Waals surface area contributed by atoms with Crippen LogP contribution >= 0.6 is 0 Å². The number of imide groups is 2. The van der Waals surface area contributed by atoms with E-state index in [4.69, 9.17) is 18.9 Å². The van der Waals surface area contributed by atoms with Crippen molar-refractivity contribution in [2.24, 2.45) is 0 Å². The summed E-state index contributed by atoms with van der Waals surface area (Å²) in [4.78, 5) is 71.7. The van der Waals surface area contributed by atoms with Crippen LogP contribution in [-0.4, -0.2) is 23.6 Å². The molecule has 0 aromatic heterocycles. The Morgan fingerprint density at radius 1 is 0.220 bits per heavy atom. The smallest absolute Gasteiger partial charge is 0.266 e. The number of aryl methyl sites for hydroxylation is 8. The normalized spacial score (nSPS) is 13.2.